The summed E-state index contributed by atoms with van der Waals surface area (Å²) in [7, 11) is 3.14. The van der Waals surface area contributed by atoms with Crippen LogP contribution < -0.4 is 21.3 Å². The number of nitrogens with zero attached hydrogens (tertiary/aromatic N) is 3. The van der Waals surface area contributed by atoms with Crippen molar-refractivity contribution in [1.29, 1.82) is 0 Å². The van der Waals surface area contributed by atoms with Crippen molar-refractivity contribution in [2.75, 3.05) is 38.1 Å². The molecule has 0 amide bonds. The van der Waals surface area contributed by atoms with E-state index in [0.29, 0.717) is 48.9 Å². The normalized spacial score (nSPS) is 14.0. The first-order valence-corrected chi connectivity index (χ1v) is 14.4. The van der Waals surface area contributed by atoms with Gasteiger partial charge in [0.05, 0.1) is 29.5 Å². The Balaban J connectivity index is 0.00000155. The third kappa shape index (κ3) is 7.02. The molecule has 4 rings (SSSR count). The second-order valence-electron chi connectivity index (χ2n) is 11.5. The Morgan fingerprint density at radius 3 is 2.55 bits per heavy atom. The Kier molecular flexibility index (Phi) is 10.9. The van der Waals surface area contributed by atoms with Crippen molar-refractivity contribution < 1.29 is 18.7 Å². The van der Waals surface area contributed by atoms with Gasteiger partial charge in [-0.15, -0.1) is 0 Å². The molecule has 228 valence electrons. The number of fused-ring (bicyclic) bond motifs is 1. The second-order valence-corrected chi connectivity index (χ2v) is 11.5. The van der Waals surface area contributed by atoms with E-state index in [9.17, 15) is 9.18 Å². The molecular weight excluding hydrogens is 533 g/mol. The van der Waals surface area contributed by atoms with Crippen LogP contribution in [-0.4, -0.2) is 43.2 Å². The predicted molar refractivity (Wildman–Crippen MR) is 167 cm³/mol. The molecule has 1 unspecified atom stereocenters. The highest BCUT2D eigenvalue weighted by molar-refractivity contribution is 5.80. The van der Waals surface area contributed by atoms with Gasteiger partial charge in [-0.3, -0.25) is 9.69 Å². The van der Waals surface area contributed by atoms with E-state index in [-0.39, 0.29) is 11.9 Å². The number of carbonyl (C=O) groups excluding carboxylic acids is 1. The molecule has 8 nitrogen and oxygen atoms in total. The molecule has 1 aliphatic heterocycles. The third-order valence-electron chi connectivity index (χ3n) is 7.77. The molecule has 0 aliphatic carbocycles. The van der Waals surface area contributed by atoms with E-state index < -0.39 is 11.4 Å². The lowest BCUT2D eigenvalue weighted by molar-refractivity contribution is -0.151. The van der Waals surface area contributed by atoms with Gasteiger partial charge in [0, 0.05) is 38.8 Å². The van der Waals surface area contributed by atoms with Crippen LogP contribution in [0.2, 0.25) is 0 Å². The maximum atomic E-state index is 14.5. The summed E-state index contributed by atoms with van der Waals surface area (Å²) in [6.45, 7) is 14.1. The first kappa shape index (κ1) is 32.8. The molecule has 3 aromatic rings. The van der Waals surface area contributed by atoms with Crippen LogP contribution in [-0.2, 0) is 22.6 Å². The smallest absolute Gasteiger partial charge is 0.312 e. The van der Waals surface area contributed by atoms with Gasteiger partial charge in [0.2, 0.25) is 5.95 Å². The Morgan fingerprint density at radius 2 is 1.90 bits per heavy atom. The van der Waals surface area contributed by atoms with Gasteiger partial charge in [0.15, 0.2) is 0 Å². The predicted octanol–water partition coefficient (Wildman–Crippen LogP) is 5.87. The Labute approximate surface area is 249 Å². The number of hydrogen-bond acceptors (Lipinski definition) is 8. The van der Waals surface area contributed by atoms with Crippen molar-refractivity contribution in [2.45, 2.75) is 67.0 Å². The van der Waals surface area contributed by atoms with E-state index >= 15 is 0 Å². The van der Waals surface area contributed by atoms with Gasteiger partial charge in [-0.2, -0.15) is 4.39 Å². The Morgan fingerprint density at radius 1 is 1.21 bits per heavy atom. The quantitative estimate of drug-likeness (QED) is 0.118. The molecule has 1 aromatic heterocycles. The molecule has 4 N–H and O–H groups in total. The van der Waals surface area contributed by atoms with Crippen molar-refractivity contribution in [1.82, 2.24) is 9.88 Å². The molecular formula is C33H46FN5O3. The highest BCUT2D eigenvalue weighted by Crippen LogP contribution is 2.45. The molecule has 0 spiro atoms. The topological polar surface area (TPSA) is 107 Å². The molecule has 1 atom stereocenters. The van der Waals surface area contributed by atoms with Gasteiger partial charge in [-0.05, 0) is 67.6 Å². The van der Waals surface area contributed by atoms with Crippen molar-refractivity contribution in [2.24, 2.45) is 11.3 Å². The fourth-order valence-corrected chi connectivity index (χ4v) is 5.45. The number of ether oxygens (including phenoxy) is 2. The first-order chi connectivity index (χ1) is 19.9. The van der Waals surface area contributed by atoms with Crippen molar-refractivity contribution in [3.8, 4) is 5.75 Å². The maximum absolute atomic E-state index is 14.5. The number of hydrazine groups is 1. The molecule has 0 radical (unpaired) electrons. The number of hydrogen-bond donors (Lipinski definition) is 2. The van der Waals surface area contributed by atoms with Crippen molar-refractivity contribution in [3.05, 3.63) is 81.9 Å². The van der Waals surface area contributed by atoms with Crippen LogP contribution in [0, 0.1) is 25.2 Å². The number of aromatic nitrogens is 1. The van der Waals surface area contributed by atoms with Crippen LogP contribution in [0.15, 0.2) is 42.6 Å². The number of halogens is 1. The summed E-state index contributed by atoms with van der Waals surface area (Å²) in [5, 5.41) is 1.48. The number of nitrogens with two attached hydrogens (primary N) is 2. The number of nitrogen functional groups attached to an aromatic ring is 1. The number of esters is 1. The molecule has 2 aromatic carbocycles. The minimum absolute atomic E-state index is 0.322. The summed E-state index contributed by atoms with van der Waals surface area (Å²) in [5.41, 5.74) is 12.3. The SMILES string of the molecule is CCC.COC(=O)C(C)(C)C(c1ccc(C)c(CN2CCOc3ccnc(F)c3C2)c1)c1ccc(N(C)N)c(N)c1C. The second kappa shape index (κ2) is 14.0. The van der Waals surface area contributed by atoms with Crippen LogP contribution in [0.1, 0.15) is 73.4 Å². The number of carbonyl (C=O) groups is 1. The number of anilines is 2. The number of methoxy groups -OCH3 is 1. The molecule has 0 saturated heterocycles. The van der Waals surface area contributed by atoms with Gasteiger partial charge < -0.3 is 20.2 Å². The lowest BCUT2D eigenvalue weighted by Crippen LogP contribution is -2.34. The lowest BCUT2D eigenvalue weighted by Gasteiger charge is -2.35. The van der Waals surface area contributed by atoms with Gasteiger partial charge in [-0.1, -0.05) is 44.5 Å². The monoisotopic (exact) mass is 579 g/mol. The largest absolute Gasteiger partial charge is 0.492 e. The standard InChI is InChI=1S/C30H38FN5O3.C3H8/c1-18-7-8-20(15-21(18)16-36-13-14-39-25-11-12-34-28(31)23(25)17-36)26(30(3,4)29(37)38-6)22-9-10-24(35(5)33)27(32)19(22)2;1-3-2/h7-12,15,26H,13-14,16-17,32-33H2,1-6H3;3H2,1-2H3. The number of rotatable bonds is 7. The van der Waals surface area contributed by atoms with E-state index in [1.54, 1.807) is 13.1 Å². The zero-order valence-electron chi connectivity index (χ0n) is 26.3. The molecule has 2 heterocycles. The van der Waals surface area contributed by atoms with E-state index in [1.807, 2.05) is 32.9 Å². The number of pyridine rings is 1. The average Bonchev–Trinajstić information content (AvgIpc) is 3.15. The van der Waals surface area contributed by atoms with Crippen LogP contribution >= 0.6 is 0 Å². The summed E-state index contributed by atoms with van der Waals surface area (Å²) in [6, 6.07) is 11.8. The van der Waals surface area contributed by atoms with Crippen LogP contribution in [0.3, 0.4) is 0 Å². The average molecular weight is 580 g/mol. The highest BCUT2D eigenvalue weighted by Gasteiger charge is 2.41. The van der Waals surface area contributed by atoms with Gasteiger partial charge in [-0.25, -0.2) is 10.8 Å². The van der Waals surface area contributed by atoms with Crippen molar-refractivity contribution in [3.63, 3.8) is 0 Å². The zero-order valence-corrected chi connectivity index (χ0v) is 26.3. The van der Waals surface area contributed by atoms with Crippen molar-refractivity contribution >= 4 is 17.3 Å². The van der Waals surface area contributed by atoms with E-state index in [4.69, 9.17) is 21.1 Å². The maximum Gasteiger partial charge on any atom is 0.312 e. The molecule has 0 fully saturated rings. The summed E-state index contributed by atoms with van der Waals surface area (Å²) in [5.74, 6) is 5.35. The minimum atomic E-state index is -0.904. The molecule has 9 heteroatoms. The molecule has 0 bridgehead atoms. The lowest BCUT2D eigenvalue weighted by atomic mass is 9.69. The molecule has 42 heavy (non-hydrogen) atoms. The summed E-state index contributed by atoms with van der Waals surface area (Å²) in [4.78, 5) is 19.1. The fraction of sp³-hybridized carbons (Fsp3) is 0.455. The molecule has 0 saturated carbocycles. The summed E-state index contributed by atoms with van der Waals surface area (Å²) >= 11 is 0. The van der Waals surface area contributed by atoms with Gasteiger partial charge >= 0.3 is 5.97 Å². The summed E-state index contributed by atoms with van der Waals surface area (Å²) < 4.78 is 25.5. The van der Waals surface area contributed by atoms with Crippen LogP contribution in [0.5, 0.6) is 5.75 Å². The third-order valence-corrected chi connectivity index (χ3v) is 7.77. The Hall–Kier alpha value is -3.69. The minimum Gasteiger partial charge on any atom is -0.492 e. The highest BCUT2D eigenvalue weighted by atomic mass is 19.1. The van der Waals surface area contributed by atoms with Crippen LogP contribution in [0.25, 0.3) is 0 Å². The number of aryl methyl sites for hydroxylation is 1. The van der Waals surface area contributed by atoms with Gasteiger partial charge in [0.1, 0.15) is 12.4 Å². The Bertz CT molecular complexity index is 1390. The van der Waals surface area contributed by atoms with E-state index in [0.717, 1.165) is 27.8 Å². The first-order valence-electron chi connectivity index (χ1n) is 14.4. The number of benzene rings is 2. The molecule has 1 aliphatic rings. The summed E-state index contributed by atoms with van der Waals surface area (Å²) in [6.07, 6.45) is 2.67. The van der Waals surface area contributed by atoms with Gasteiger partial charge in [0.25, 0.3) is 0 Å². The van der Waals surface area contributed by atoms with E-state index in [1.165, 1.54) is 24.7 Å². The van der Waals surface area contributed by atoms with E-state index in [2.05, 4.69) is 48.9 Å². The van der Waals surface area contributed by atoms with Crippen LogP contribution in [0.4, 0.5) is 15.8 Å². The zero-order chi connectivity index (χ0) is 31.2. The fourth-order valence-electron chi connectivity index (χ4n) is 5.45.